The van der Waals surface area contributed by atoms with Crippen molar-refractivity contribution in [2.24, 2.45) is 17.3 Å². The van der Waals surface area contributed by atoms with E-state index in [4.69, 9.17) is 9.47 Å². The smallest absolute Gasteiger partial charge is 0.432 e. The summed E-state index contributed by atoms with van der Waals surface area (Å²) in [6.45, 7) is 5.59. The standard InChI is InChI=1S/C20H25F3O4/c1-17(2)13-10-14(17)18(3,25)15(11-13)27-16(24)19(26-4,20(21,22)23)12-8-6-5-7-9-12/h5-9,13-15,25H,10-11H2,1-4H3/t13-,14-,15+,18-,19+/m0/s1. The lowest BCUT2D eigenvalue weighted by Gasteiger charge is -2.64. The van der Waals surface area contributed by atoms with Crippen molar-refractivity contribution in [1.29, 1.82) is 0 Å². The first-order valence-electron chi connectivity index (χ1n) is 9.00. The number of rotatable bonds is 4. The van der Waals surface area contributed by atoms with Crippen molar-refractivity contribution in [3.8, 4) is 0 Å². The van der Waals surface area contributed by atoms with E-state index < -0.39 is 29.5 Å². The lowest BCUT2D eigenvalue weighted by atomic mass is 9.43. The van der Waals surface area contributed by atoms with E-state index in [1.165, 1.54) is 31.2 Å². The maximum atomic E-state index is 14.0. The highest BCUT2D eigenvalue weighted by Gasteiger charge is 2.67. The molecule has 0 aromatic heterocycles. The maximum absolute atomic E-state index is 14.0. The first-order chi connectivity index (χ1) is 12.4. The van der Waals surface area contributed by atoms with Crippen molar-refractivity contribution in [3.63, 3.8) is 0 Å². The van der Waals surface area contributed by atoms with Crippen LogP contribution < -0.4 is 0 Å². The van der Waals surface area contributed by atoms with Crippen molar-refractivity contribution in [1.82, 2.24) is 0 Å². The molecular formula is C20H25F3O4. The van der Waals surface area contributed by atoms with Crippen LogP contribution in [0.4, 0.5) is 13.2 Å². The van der Waals surface area contributed by atoms with Crippen molar-refractivity contribution in [2.75, 3.05) is 7.11 Å². The number of esters is 1. The molecule has 1 aromatic rings. The van der Waals surface area contributed by atoms with E-state index in [1.54, 1.807) is 6.07 Å². The minimum absolute atomic E-state index is 0.131. The molecule has 0 unspecified atom stereocenters. The Hall–Kier alpha value is -1.60. The second-order valence-electron chi connectivity index (χ2n) is 8.41. The summed E-state index contributed by atoms with van der Waals surface area (Å²) in [6, 6.07) is 6.70. The van der Waals surface area contributed by atoms with E-state index >= 15 is 0 Å². The number of methoxy groups -OCH3 is 1. The fourth-order valence-corrected chi connectivity index (χ4v) is 4.90. The normalized spacial score (nSPS) is 34.3. The van der Waals surface area contributed by atoms with E-state index in [0.717, 1.165) is 13.5 Å². The molecular weight excluding hydrogens is 361 g/mol. The quantitative estimate of drug-likeness (QED) is 0.800. The van der Waals surface area contributed by atoms with Gasteiger partial charge in [0.05, 0.1) is 0 Å². The van der Waals surface area contributed by atoms with Crippen molar-refractivity contribution < 1.29 is 32.5 Å². The highest BCUT2D eigenvalue weighted by molar-refractivity contribution is 5.83. The molecule has 3 aliphatic carbocycles. The molecule has 150 valence electrons. The predicted molar refractivity (Wildman–Crippen MR) is 91.7 cm³/mol. The number of aliphatic hydroxyl groups is 1. The third-order valence-electron chi connectivity index (χ3n) is 6.75. The van der Waals surface area contributed by atoms with Crippen molar-refractivity contribution in [2.45, 2.75) is 57.1 Å². The van der Waals surface area contributed by atoms with Gasteiger partial charge in [-0.15, -0.1) is 0 Å². The van der Waals surface area contributed by atoms with Crippen LogP contribution in [0.2, 0.25) is 0 Å². The largest absolute Gasteiger partial charge is 0.457 e. The highest BCUT2D eigenvalue weighted by atomic mass is 19.4. The molecule has 4 rings (SSSR count). The number of carbonyl (C=O) groups is 1. The summed E-state index contributed by atoms with van der Waals surface area (Å²) in [4.78, 5) is 12.8. The van der Waals surface area contributed by atoms with Gasteiger partial charge < -0.3 is 14.6 Å². The second-order valence-corrected chi connectivity index (χ2v) is 8.41. The van der Waals surface area contributed by atoms with Crippen LogP contribution in [0.5, 0.6) is 0 Å². The Morgan fingerprint density at radius 3 is 2.19 bits per heavy atom. The number of halogens is 3. The molecule has 7 heteroatoms. The summed E-state index contributed by atoms with van der Waals surface area (Å²) < 4.78 is 52.0. The fourth-order valence-electron chi connectivity index (χ4n) is 4.90. The van der Waals surface area contributed by atoms with Gasteiger partial charge in [0.2, 0.25) is 0 Å². The average molecular weight is 386 g/mol. The van der Waals surface area contributed by atoms with Gasteiger partial charge in [-0.1, -0.05) is 44.2 Å². The van der Waals surface area contributed by atoms with Gasteiger partial charge in [0.15, 0.2) is 0 Å². The number of fused-ring (bicyclic) bond motifs is 2. The summed E-state index contributed by atoms with van der Waals surface area (Å²) in [5.74, 6) is -1.49. The topological polar surface area (TPSA) is 55.8 Å². The molecule has 3 saturated carbocycles. The molecule has 1 N–H and O–H groups in total. The molecule has 3 fully saturated rings. The zero-order valence-electron chi connectivity index (χ0n) is 15.8. The predicted octanol–water partition coefficient (Wildman–Crippen LogP) is 3.82. The van der Waals surface area contributed by atoms with E-state index in [0.29, 0.717) is 6.42 Å². The Kier molecular flexibility index (Phi) is 4.63. The second kappa shape index (κ2) is 6.21. The zero-order valence-corrected chi connectivity index (χ0v) is 15.8. The third-order valence-corrected chi connectivity index (χ3v) is 6.75. The Labute approximate surface area is 156 Å². The van der Waals surface area contributed by atoms with Gasteiger partial charge in [-0.25, -0.2) is 4.79 Å². The molecule has 0 spiro atoms. The number of benzene rings is 1. The Morgan fingerprint density at radius 2 is 1.74 bits per heavy atom. The summed E-state index contributed by atoms with van der Waals surface area (Å²) in [7, 11) is 0.835. The molecule has 0 saturated heterocycles. The van der Waals surface area contributed by atoms with Crippen LogP contribution in [0.25, 0.3) is 0 Å². The molecule has 1 aromatic carbocycles. The minimum atomic E-state index is -5.02. The van der Waals surface area contributed by atoms with Crippen LogP contribution >= 0.6 is 0 Å². The first kappa shape index (κ1) is 20.1. The van der Waals surface area contributed by atoms with Crippen molar-refractivity contribution in [3.05, 3.63) is 35.9 Å². The number of hydrogen-bond acceptors (Lipinski definition) is 4. The molecule has 2 bridgehead atoms. The van der Waals surface area contributed by atoms with Gasteiger partial charge in [0, 0.05) is 12.7 Å². The molecule has 3 aliphatic rings. The number of hydrogen-bond donors (Lipinski definition) is 1. The molecule has 27 heavy (non-hydrogen) atoms. The highest BCUT2D eigenvalue weighted by Crippen LogP contribution is 2.63. The van der Waals surface area contributed by atoms with Crippen LogP contribution in [-0.2, 0) is 19.9 Å². The SMILES string of the molecule is CO[C@@](C(=O)O[C@@H]1C[C@@H]2C[C@@H](C2(C)C)[C@]1(C)O)(c1ccccc1)C(F)(F)F. The summed E-state index contributed by atoms with van der Waals surface area (Å²) in [6.07, 6.45) is -4.93. The number of carbonyl (C=O) groups excluding carboxylic acids is 1. The Bertz CT molecular complexity index is 714. The van der Waals surface area contributed by atoms with E-state index in [9.17, 15) is 23.1 Å². The zero-order chi connectivity index (χ0) is 20.3. The first-order valence-corrected chi connectivity index (χ1v) is 9.00. The van der Waals surface area contributed by atoms with Crippen LogP contribution in [-0.4, -0.2) is 36.1 Å². The summed E-state index contributed by atoms with van der Waals surface area (Å²) >= 11 is 0. The average Bonchev–Trinajstić information content (AvgIpc) is 2.56. The van der Waals surface area contributed by atoms with Crippen LogP contribution in [0.1, 0.15) is 39.2 Å². The Morgan fingerprint density at radius 1 is 1.15 bits per heavy atom. The molecule has 5 atom stereocenters. The molecule has 0 radical (unpaired) electrons. The van der Waals surface area contributed by atoms with E-state index in [2.05, 4.69) is 0 Å². The molecule has 0 heterocycles. The number of alkyl halides is 3. The van der Waals surface area contributed by atoms with Crippen LogP contribution in [0.15, 0.2) is 30.3 Å². The van der Waals surface area contributed by atoms with Gasteiger partial charge in [-0.05, 0) is 37.0 Å². The fraction of sp³-hybridized carbons (Fsp3) is 0.650. The van der Waals surface area contributed by atoms with Gasteiger partial charge in [-0.3, -0.25) is 0 Å². The minimum Gasteiger partial charge on any atom is -0.457 e. The molecule has 0 amide bonds. The maximum Gasteiger partial charge on any atom is 0.432 e. The van der Waals surface area contributed by atoms with Crippen LogP contribution in [0, 0.1) is 17.3 Å². The third kappa shape index (κ3) is 2.78. The Balaban J connectivity index is 1.93. The lowest BCUT2D eigenvalue weighted by molar-refractivity contribution is -0.294. The van der Waals surface area contributed by atoms with Gasteiger partial charge >= 0.3 is 12.1 Å². The van der Waals surface area contributed by atoms with Crippen molar-refractivity contribution >= 4 is 5.97 Å². The van der Waals surface area contributed by atoms with Crippen LogP contribution in [0.3, 0.4) is 0 Å². The molecule has 0 aliphatic heterocycles. The summed E-state index contributed by atoms with van der Waals surface area (Å²) in [5, 5.41) is 10.9. The van der Waals surface area contributed by atoms with Gasteiger partial charge in [-0.2, -0.15) is 13.2 Å². The molecule has 4 nitrogen and oxygen atoms in total. The van der Waals surface area contributed by atoms with E-state index in [-0.39, 0.29) is 22.8 Å². The van der Waals surface area contributed by atoms with Gasteiger partial charge in [0.25, 0.3) is 5.60 Å². The monoisotopic (exact) mass is 386 g/mol. The van der Waals surface area contributed by atoms with Gasteiger partial charge in [0.1, 0.15) is 11.7 Å². The summed E-state index contributed by atoms with van der Waals surface area (Å²) in [5.41, 5.74) is -5.11. The number of ether oxygens (including phenoxy) is 2. The van der Waals surface area contributed by atoms with E-state index in [1.807, 2.05) is 13.8 Å². The lowest BCUT2D eigenvalue weighted by Crippen LogP contribution is -2.68.